The molecule has 32 heavy (non-hydrogen) atoms. The average Bonchev–Trinajstić information content (AvgIpc) is 3.11. The zero-order chi connectivity index (χ0) is 22.7. The van der Waals surface area contributed by atoms with E-state index in [1.807, 2.05) is 24.3 Å². The van der Waals surface area contributed by atoms with Gasteiger partial charge in [0.1, 0.15) is 30.5 Å². The van der Waals surface area contributed by atoms with E-state index < -0.39 is 0 Å². The molecule has 0 aliphatic rings. The predicted octanol–water partition coefficient (Wildman–Crippen LogP) is 6.74. The first-order chi connectivity index (χ1) is 15.4. The van der Waals surface area contributed by atoms with Crippen LogP contribution in [0.5, 0.6) is 11.5 Å². The molecule has 1 heterocycles. The molecule has 0 unspecified atom stereocenters. The van der Waals surface area contributed by atoms with Gasteiger partial charge in [-0.25, -0.2) is 4.98 Å². The Kier molecular flexibility index (Phi) is 6.50. The first-order valence-corrected chi connectivity index (χ1v) is 11.3. The smallest absolute Gasteiger partial charge is 0.148 e. The van der Waals surface area contributed by atoms with E-state index in [9.17, 15) is 0 Å². The number of hydrogen-bond donors (Lipinski definition) is 0. The second kappa shape index (κ2) is 9.47. The number of aromatic nitrogens is 2. The quantitative estimate of drug-likeness (QED) is 0.312. The van der Waals surface area contributed by atoms with Crippen LogP contribution in [0.4, 0.5) is 0 Å². The normalized spacial score (nSPS) is 11.3. The molecule has 3 aromatic carbocycles. The SMILES string of the molecule is Cc1ccc(OCCn2c(COc3cc(C)ccc3C(C)C)nc3ccccc32)c(C)c1. The molecule has 4 rings (SSSR count). The van der Waals surface area contributed by atoms with E-state index >= 15 is 0 Å². The Bertz CT molecular complexity index is 1220. The van der Waals surface area contributed by atoms with Gasteiger partial charge in [-0.05, 0) is 67.6 Å². The topological polar surface area (TPSA) is 36.3 Å². The number of imidazole rings is 1. The molecule has 0 aliphatic carbocycles. The van der Waals surface area contributed by atoms with Crippen molar-refractivity contribution in [3.63, 3.8) is 0 Å². The molecular formula is C28H32N2O2. The first kappa shape index (κ1) is 21.9. The van der Waals surface area contributed by atoms with E-state index in [-0.39, 0.29) is 0 Å². The van der Waals surface area contributed by atoms with Crippen molar-refractivity contribution in [1.82, 2.24) is 9.55 Å². The Balaban J connectivity index is 1.55. The molecule has 4 nitrogen and oxygen atoms in total. The molecule has 0 amide bonds. The van der Waals surface area contributed by atoms with Gasteiger partial charge in [-0.3, -0.25) is 0 Å². The van der Waals surface area contributed by atoms with E-state index in [4.69, 9.17) is 14.5 Å². The summed E-state index contributed by atoms with van der Waals surface area (Å²) in [6.45, 7) is 12.4. The first-order valence-electron chi connectivity index (χ1n) is 11.3. The number of ether oxygens (including phenoxy) is 2. The zero-order valence-electron chi connectivity index (χ0n) is 19.7. The van der Waals surface area contributed by atoms with Crippen molar-refractivity contribution < 1.29 is 9.47 Å². The van der Waals surface area contributed by atoms with Crippen LogP contribution in [0.2, 0.25) is 0 Å². The maximum Gasteiger partial charge on any atom is 0.148 e. The van der Waals surface area contributed by atoms with Gasteiger partial charge in [0, 0.05) is 0 Å². The molecule has 0 bridgehead atoms. The Hall–Kier alpha value is -3.27. The highest BCUT2D eigenvalue weighted by Gasteiger charge is 2.14. The van der Waals surface area contributed by atoms with Crippen LogP contribution < -0.4 is 9.47 Å². The van der Waals surface area contributed by atoms with Crippen LogP contribution in [0.1, 0.15) is 47.8 Å². The lowest BCUT2D eigenvalue weighted by atomic mass is 10.0. The predicted molar refractivity (Wildman–Crippen MR) is 131 cm³/mol. The average molecular weight is 429 g/mol. The summed E-state index contributed by atoms with van der Waals surface area (Å²) in [6, 6.07) is 20.9. The van der Waals surface area contributed by atoms with Crippen molar-refractivity contribution in [1.29, 1.82) is 0 Å². The van der Waals surface area contributed by atoms with Crippen LogP contribution in [-0.2, 0) is 13.2 Å². The Labute approximate surface area is 190 Å². The van der Waals surface area contributed by atoms with Crippen molar-refractivity contribution in [2.75, 3.05) is 6.61 Å². The molecule has 0 saturated heterocycles. The maximum absolute atomic E-state index is 6.31. The van der Waals surface area contributed by atoms with Crippen molar-refractivity contribution in [2.45, 2.75) is 53.7 Å². The number of aryl methyl sites for hydroxylation is 3. The van der Waals surface area contributed by atoms with Crippen LogP contribution in [0, 0.1) is 20.8 Å². The third-order valence-electron chi connectivity index (χ3n) is 5.78. The molecule has 0 saturated carbocycles. The van der Waals surface area contributed by atoms with E-state index in [2.05, 4.69) is 75.6 Å². The summed E-state index contributed by atoms with van der Waals surface area (Å²) in [6.07, 6.45) is 0. The van der Waals surface area contributed by atoms with Crippen molar-refractivity contribution >= 4 is 11.0 Å². The monoisotopic (exact) mass is 428 g/mol. The van der Waals surface area contributed by atoms with Crippen LogP contribution in [0.3, 0.4) is 0 Å². The molecule has 166 valence electrons. The van der Waals surface area contributed by atoms with E-state index in [1.165, 1.54) is 16.7 Å². The molecule has 0 fully saturated rings. The standard InChI is InChI=1S/C28H32N2O2/c1-19(2)23-12-10-21(4)17-27(23)32-18-28-29-24-8-6-7-9-25(24)30(28)14-15-31-26-13-11-20(3)16-22(26)5/h6-13,16-17,19H,14-15,18H2,1-5H3. The molecule has 4 heteroatoms. The molecule has 0 spiro atoms. The highest BCUT2D eigenvalue weighted by Crippen LogP contribution is 2.28. The summed E-state index contributed by atoms with van der Waals surface area (Å²) in [5, 5.41) is 0. The number of rotatable bonds is 8. The van der Waals surface area contributed by atoms with Gasteiger partial charge in [0.15, 0.2) is 0 Å². The molecule has 0 radical (unpaired) electrons. The van der Waals surface area contributed by atoms with Crippen LogP contribution in [0.15, 0.2) is 60.7 Å². The van der Waals surface area contributed by atoms with Gasteiger partial charge in [0.25, 0.3) is 0 Å². The molecule has 0 atom stereocenters. The minimum absolute atomic E-state index is 0.399. The summed E-state index contributed by atoms with van der Waals surface area (Å²) in [7, 11) is 0. The summed E-state index contributed by atoms with van der Waals surface area (Å²) in [4.78, 5) is 4.86. The second-order valence-corrected chi connectivity index (χ2v) is 8.77. The summed E-state index contributed by atoms with van der Waals surface area (Å²) < 4.78 is 14.6. The van der Waals surface area contributed by atoms with Crippen LogP contribution >= 0.6 is 0 Å². The second-order valence-electron chi connectivity index (χ2n) is 8.77. The zero-order valence-corrected chi connectivity index (χ0v) is 19.7. The third-order valence-corrected chi connectivity index (χ3v) is 5.78. The maximum atomic E-state index is 6.31. The Morgan fingerprint density at radius 1 is 0.844 bits per heavy atom. The van der Waals surface area contributed by atoms with Gasteiger partial charge < -0.3 is 14.0 Å². The van der Waals surface area contributed by atoms with Gasteiger partial charge >= 0.3 is 0 Å². The highest BCUT2D eigenvalue weighted by atomic mass is 16.5. The molecule has 0 aliphatic heterocycles. The Morgan fingerprint density at radius 2 is 1.59 bits per heavy atom. The lowest BCUT2D eigenvalue weighted by molar-refractivity contribution is 0.269. The fourth-order valence-electron chi connectivity index (χ4n) is 4.08. The highest BCUT2D eigenvalue weighted by molar-refractivity contribution is 5.75. The van der Waals surface area contributed by atoms with Crippen molar-refractivity contribution in [2.24, 2.45) is 0 Å². The summed E-state index contributed by atoms with van der Waals surface area (Å²) in [5.74, 6) is 3.17. The lowest BCUT2D eigenvalue weighted by Crippen LogP contribution is -2.13. The number of nitrogens with zero attached hydrogens (tertiary/aromatic N) is 2. The molecular weight excluding hydrogens is 396 g/mol. The number of hydrogen-bond acceptors (Lipinski definition) is 3. The summed E-state index contributed by atoms with van der Waals surface area (Å²) in [5.41, 5.74) is 6.89. The van der Waals surface area contributed by atoms with E-state index in [0.717, 1.165) is 33.9 Å². The molecule has 1 aromatic heterocycles. The van der Waals surface area contributed by atoms with E-state index in [1.54, 1.807) is 0 Å². The van der Waals surface area contributed by atoms with Gasteiger partial charge in [-0.15, -0.1) is 0 Å². The van der Waals surface area contributed by atoms with Crippen molar-refractivity contribution in [3.8, 4) is 11.5 Å². The minimum atomic E-state index is 0.399. The van der Waals surface area contributed by atoms with Crippen molar-refractivity contribution in [3.05, 3.63) is 88.7 Å². The largest absolute Gasteiger partial charge is 0.491 e. The molecule has 4 aromatic rings. The van der Waals surface area contributed by atoms with E-state index in [0.29, 0.717) is 25.7 Å². The van der Waals surface area contributed by atoms with Gasteiger partial charge in [-0.1, -0.05) is 55.8 Å². The van der Waals surface area contributed by atoms with Crippen LogP contribution in [-0.4, -0.2) is 16.2 Å². The van der Waals surface area contributed by atoms with Gasteiger partial charge in [-0.2, -0.15) is 0 Å². The fraction of sp³-hybridized carbons (Fsp3) is 0.321. The van der Waals surface area contributed by atoms with Crippen LogP contribution in [0.25, 0.3) is 11.0 Å². The minimum Gasteiger partial charge on any atom is -0.491 e. The third kappa shape index (κ3) is 4.80. The Morgan fingerprint density at radius 3 is 2.38 bits per heavy atom. The fourth-order valence-corrected chi connectivity index (χ4v) is 4.08. The number of para-hydroxylation sites is 2. The number of benzene rings is 3. The number of fused-ring (bicyclic) bond motifs is 1. The molecule has 0 N–H and O–H groups in total. The summed E-state index contributed by atoms with van der Waals surface area (Å²) >= 11 is 0. The van der Waals surface area contributed by atoms with Gasteiger partial charge in [0.2, 0.25) is 0 Å². The van der Waals surface area contributed by atoms with Gasteiger partial charge in [0.05, 0.1) is 17.6 Å². The lowest BCUT2D eigenvalue weighted by Gasteiger charge is -2.16.